The smallest absolute Gasteiger partial charge is 0.150 e. The molecule has 1 aromatic carbocycles. The predicted octanol–water partition coefficient (Wildman–Crippen LogP) is 1.62. The number of anilines is 1. The molecule has 0 saturated carbocycles. The minimum absolute atomic E-state index is 0.165. The summed E-state index contributed by atoms with van der Waals surface area (Å²) in [6.07, 6.45) is 1.26. The Hall–Kier alpha value is -1.14. The molecule has 0 radical (unpaired) electrons. The highest BCUT2D eigenvalue weighted by molar-refractivity contribution is 7.91. The van der Waals surface area contributed by atoms with Gasteiger partial charge in [0.25, 0.3) is 0 Å². The lowest BCUT2D eigenvalue weighted by Gasteiger charge is -2.25. The normalized spacial score (nSPS) is 19.0. The van der Waals surface area contributed by atoms with Gasteiger partial charge in [0.15, 0.2) is 0 Å². The number of nitrogens with two attached hydrogens (primary N) is 1. The van der Waals surface area contributed by atoms with E-state index in [1.165, 1.54) is 0 Å². The van der Waals surface area contributed by atoms with E-state index in [1.807, 2.05) is 25.1 Å². The second-order valence-electron chi connectivity index (χ2n) is 4.98. The van der Waals surface area contributed by atoms with E-state index in [4.69, 9.17) is 18.0 Å². The molecule has 6 heteroatoms. The van der Waals surface area contributed by atoms with Crippen molar-refractivity contribution in [3.8, 4) is 0 Å². The second-order valence-corrected chi connectivity index (χ2v) is 7.73. The molecule has 1 aliphatic heterocycles. The van der Waals surface area contributed by atoms with E-state index in [2.05, 4.69) is 5.32 Å². The van der Waals surface area contributed by atoms with Crippen molar-refractivity contribution in [2.24, 2.45) is 5.73 Å². The monoisotopic (exact) mass is 298 g/mol. The molecule has 3 N–H and O–H groups in total. The third-order valence-corrected chi connectivity index (χ3v) is 5.29. The van der Waals surface area contributed by atoms with E-state index in [0.29, 0.717) is 17.8 Å². The Bertz CT molecular complexity index is 583. The van der Waals surface area contributed by atoms with Gasteiger partial charge in [0, 0.05) is 17.3 Å². The van der Waals surface area contributed by atoms with Crippen LogP contribution in [0, 0.1) is 6.92 Å². The minimum Gasteiger partial charge on any atom is -0.389 e. The van der Waals surface area contributed by atoms with Gasteiger partial charge in [0.2, 0.25) is 0 Å². The molecular weight excluding hydrogens is 280 g/mol. The molecule has 0 bridgehead atoms. The number of hydrogen-bond donors (Lipinski definition) is 2. The molecule has 0 amide bonds. The molecule has 0 spiro atoms. The fraction of sp³-hybridized carbons (Fsp3) is 0.462. The number of benzene rings is 1. The zero-order valence-electron chi connectivity index (χ0n) is 10.8. The molecule has 1 aliphatic rings. The summed E-state index contributed by atoms with van der Waals surface area (Å²) < 4.78 is 22.8. The first-order valence-corrected chi connectivity index (χ1v) is 8.48. The maximum absolute atomic E-state index is 11.4. The first kappa shape index (κ1) is 14.3. The summed E-state index contributed by atoms with van der Waals surface area (Å²) in [5, 5.41) is 3.38. The van der Waals surface area contributed by atoms with Crippen LogP contribution < -0.4 is 11.1 Å². The number of nitrogens with one attached hydrogen (secondary N) is 1. The quantitative estimate of drug-likeness (QED) is 0.830. The molecule has 1 heterocycles. The molecule has 1 aromatic rings. The molecular formula is C13H18N2O2S2. The fourth-order valence-corrected chi connectivity index (χ4v) is 3.92. The van der Waals surface area contributed by atoms with Crippen LogP contribution in [0.3, 0.4) is 0 Å². The van der Waals surface area contributed by atoms with Crippen molar-refractivity contribution in [2.75, 3.05) is 16.8 Å². The summed E-state index contributed by atoms with van der Waals surface area (Å²) in [4.78, 5) is 0.353. The van der Waals surface area contributed by atoms with Gasteiger partial charge < -0.3 is 11.1 Å². The van der Waals surface area contributed by atoms with Gasteiger partial charge in [0.05, 0.1) is 11.5 Å². The SMILES string of the molecule is Cc1ccc(C(N)=S)c(NC2CCS(=O)(=O)CC2)c1. The zero-order valence-corrected chi connectivity index (χ0v) is 12.5. The van der Waals surface area contributed by atoms with E-state index < -0.39 is 9.84 Å². The summed E-state index contributed by atoms with van der Waals surface area (Å²) in [5.74, 6) is 0.498. The van der Waals surface area contributed by atoms with Gasteiger partial charge in [-0.3, -0.25) is 0 Å². The summed E-state index contributed by atoms with van der Waals surface area (Å²) in [6, 6.07) is 6.03. The van der Waals surface area contributed by atoms with Crippen LogP contribution in [0.25, 0.3) is 0 Å². The highest BCUT2D eigenvalue weighted by Gasteiger charge is 2.24. The van der Waals surface area contributed by atoms with E-state index >= 15 is 0 Å². The van der Waals surface area contributed by atoms with Crippen LogP contribution in [0.5, 0.6) is 0 Å². The molecule has 4 nitrogen and oxygen atoms in total. The molecule has 19 heavy (non-hydrogen) atoms. The highest BCUT2D eigenvalue weighted by atomic mass is 32.2. The first-order chi connectivity index (χ1) is 8.87. The maximum atomic E-state index is 11.4. The van der Waals surface area contributed by atoms with Gasteiger partial charge in [-0.1, -0.05) is 18.3 Å². The molecule has 1 saturated heterocycles. The Morgan fingerprint density at radius 3 is 2.58 bits per heavy atom. The van der Waals surface area contributed by atoms with Gasteiger partial charge in [-0.15, -0.1) is 0 Å². The molecule has 104 valence electrons. The lowest BCUT2D eigenvalue weighted by molar-refractivity contribution is 0.559. The van der Waals surface area contributed by atoms with Crippen molar-refractivity contribution in [3.63, 3.8) is 0 Å². The van der Waals surface area contributed by atoms with Crippen molar-refractivity contribution in [2.45, 2.75) is 25.8 Å². The van der Waals surface area contributed by atoms with Crippen molar-refractivity contribution >= 4 is 32.7 Å². The fourth-order valence-electron chi connectivity index (χ4n) is 2.25. The lowest BCUT2D eigenvalue weighted by Crippen LogP contribution is -2.32. The highest BCUT2D eigenvalue weighted by Crippen LogP contribution is 2.22. The topological polar surface area (TPSA) is 72.2 Å². The van der Waals surface area contributed by atoms with Gasteiger partial charge in [-0.05, 0) is 37.5 Å². The molecule has 0 aliphatic carbocycles. The maximum Gasteiger partial charge on any atom is 0.150 e. The molecule has 1 fully saturated rings. The second kappa shape index (κ2) is 5.46. The van der Waals surface area contributed by atoms with Crippen molar-refractivity contribution in [3.05, 3.63) is 29.3 Å². The van der Waals surface area contributed by atoms with Crippen molar-refractivity contribution in [1.82, 2.24) is 0 Å². The molecule has 0 aromatic heterocycles. The Morgan fingerprint density at radius 2 is 2.00 bits per heavy atom. The van der Waals surface area contributed by atoms with Gasteiger partial charge >= 0.3 is 0 Å². The van der Waals surface area contributed by atoms with Crippen LogP contribution in [-0.4, -0.2) is 31.0 Å². The molecule has 0 atom stereocenters. The number of hydrogen-bond acceptors (Lipinski definition) is 4. The number of aryl methyl sites for hydroxylation is 1. The van der Waals surface area contributed by atoms with Crippen LogP contribution in [0.4, 0.5) is 5.69 Å². The van der Waals surface area contributed by atoms with E-state index in [1.54, 1.807) is 0 Å². The average molecular weight is 298 g/mol. The van der Waals surface area contributed by atoms with Crippen LogP contribution in [-0.2, 0) is 9.84 Å². The Balaban J connectivity index is 2.15. The number of sulfone groups is 1. The van der Waals surface area contributed by atoms with Crippen LogP contribution in [0.1, 0.15) is 24.0 Å². The van der Waals surface area contributed by atoms with Gasteiger partial charge in [-0.2, -0.15) is 0 Å². The van der Waals surface area contributed by atoms with Gasteiger partial charge in [0.1, 0.15) is 14.8 Å². The van der Waals surface area contributed by atoms with E-state index in [0.717, 1.165) is 16.8 Å². The third-order valence-electron chi connectivity index (χ3n) is 3.35. The summed E-state index contributed by atoms with van der Waals surface area (Å²) in [6.45, 7) is 2.00. The average Bonchev–Trinajstić information content (AvgIpc) is 2.31. The third kappa shape index (κ3) is 3.67. The summed E-state index contributed by atoms with van der Waals surface area (Å²) >= 11 is 5.04. The lowest BCUT2D eigenvalue weighted by atomic mass is 10.1. The van der Waals surface area contributed by atoms with Crippen molar-refractivity contribution < 1.29 is 8.42 Å². The zero-order chi connectivity index (χ0) is 14.0. The van der Waals surface area contributed by atoms with Crippen LogP contribution in [0.15, 0.2) is 18.2 Å². The standard InChI is InChI=1S/C13H18N2O2S2/c1-9-2-3-11(13(14)18)12(8-9)15-10-4-6-19(16,17)7-5-10/h2-3,8,10,15H,4-7H2,1H3,(H2,14,18). The predicted molar refractivity (Wildman–Crippen MR) is 82.4 cm³/mol. The summed E-state index contributed by atoms with van der Waals surface area (Å²) in [5.41, 5.74) is 8.54. The van der Waals surface area contributed by atoms with E-state index in [-0.39, 0.29) is 17.5 Å². The van der Waals surface area contributed by atoms with Crippen molar-refractivity contribution in [1.29, 1.82) is 0 Å². The van der Waals surface area contributed by atoms with Gasteiger partial charge in [-0.25, -0.2) is 8.42 Å². The van der Waals surface area contributed by atoms with Crippen LogP contribution >= 0.6 is 12.2 Å². The largest absolute Gasteiger partial charge is 0.389 e. The molecule has 0 unspecified atom stereocenters. The van der Waals surface area contributed by atoms with E-state index in [9.17, 15) is 8.42 Å². The summed E-state index contributed by atoms with van der Waals surface area (Å²) in [7, 11) is -2.83. The number of thiocarbonyl (C=S) groups is 1. The number of rotatable bonds is 3. The Morgan fingerprint density at radius 1 is 1.37 bits per heavy atom. The van der Waals surface area contributed by atoms with Crippen LogP contribution in [0.2, 0.25) is 0 Å². The minimum atomic E-state index is -2.83. The Labute approximate surface area is 119 Å². The first-order valence-electron chi connectivity index (χ1n) is 6.25. The molecule has 2 rings (SSSR count). The Kier molecular flexibility index (Phi) is 4.10.